The molecule has 0 amide bonds. The summed E-state index contributed by atoms with van der Waals surface area (Å²) in [5.74, 6) is 0. The molecule has 2 atom stereocenters. The first kappa shape index (κ1) is 18.9. The molecule has 0 heterocycles. The molecule has 0 aromatic carbocycles. The molecule has 0 aliphatic rings. The van der Waals surface area contributed by atoms with Crippen molar-refractivity contribution in [3.05, 3.63) is 0 Å². The van der Waals surface area contributed by atoms with Gasteiger partial charge in [0.05, 0.1) is 0 Å². The summed E-state index contributed by atoms with van der Waals surface area (Å²) in [6.45, 7) is 2.04. The highest BCUT2D eigenvalue weighted by Crippen LogP contribution is 2.30. The molecular formula is C8H16F6O3Si2. The highest BCUT2D eigenvalue weighted by molar-refractivity contribution is 6.78. The van der Waals surface area contributed by atoms with Crippen LogP contribution in [0.5, 0.6) is 0 Å². The van der Waals surface area contributed by atoms with Gasteiger partial charge < -0.3 is 13.7 Å². The number of hydrogen-bond donors (Lipinski definition) is 2. The normalized spacial score (nSPS) is 19.9. The molecule has 3 nitrogen and oxygen atoms in total. The van der Waals surface area contributed by atoms with E-state index in [0.29, 0.717) is 0 Å². The lowest BCUT2D eigenvalue weighted by atomic mass is 10.5. The van der Waals surface area contributed by atoms with E-state index in [1.54, 1.807) is 0 Å². The largest absolute Gasteiger partial charge is 0.415 e. The molecule has 0 rings (SSSR count). The van der Waals surface area contributed by atoms with Gasteiger partial charge in [-0.15, -0.1) is 0 Å². The Kier molecular flexibility index (Phi) is 6.08. The predicted octanol–water partition coefficient (Wildman–Crippen LogP) is 3.04. The van der Waals surface area contributed by atoms with Crippen LogP contribution < -0.4 is 0 Å². The van der Waals surface area contributed by atoms with Crippen LogP contribution in [0.3, 0.4) is 0 Å². The smallest absolute Gasteiger partial charge is 0.389 e. The van der Waals surface area contributed by atoms with Gasteiger partial charge in [-0.2, -0.15) is 26.3 Å². The Morgan fingerprint density at radius 1 is 0.789 bits per heavy atom. The fourth-order valence-electron chi connectivity index (χ4n) is 1.32. The van der Waals surface area contributed by atoms with Crippen LogP contribution in [0.1, 0.15) is 12.8 Å². The maximum absolute atomic E-state index is 12.0. The summed E-state index contributed by atoms with van der Waals surface area (Å²) in [6, 6.07) is -1.43. The van der Waals surface area contributed by atoms with Gasteiger partial charge in [0.15, 0.2) is 0 Å². The van der Waals surface area contributed by atoms with Crippen molar-refractivity contribution in [1.29, 1.82) is 0 Å². The van der Waals surface area contributed by atoms with Gasteiger partial charge in [-0.25, -0.2) is 0 Å². The second-order valence-electron chi connectivity index (χ2n) is 4.68. The minimum atomic E-state index is -4.49. The van der Waals surface area contributed by atoms with E-state index in [1.165, 1.54) is 0 Å². The first-order valence-electron chi connectivity index (χ1n) is 5.40. The quantitative estimate of drug-likeness (QED) is 0.581. The van der Waals surface area contributed by atoms with Gasteiger partial charge in [-0.05, 0) is 25.2 Å². The predicted molar refractivity (Wildman–Crippen MR) is 59.7 cm³/mol. The Morgan fingerprint density at radius 3 is 1.26 bits per heavy atom. The van der Waals surface area contributed by atoms with Crippen LogP contribution in [-0.4, -0.2) is 39.1 Å². The first-order chi connectivity index (χ1) is 8.12. The van der Waals surface area contributed by atoms with Crippen LogP contribution >= 0.6 is 0 Å². The highest BCUT2D eigenvalue weighted by atomic mass is 28.5. The van der Waals surface area contributed by atoms with Crippen LogP contribution in [0.4, 0.5) is 26.3 Å². The van der Waals surface area contributed by atoms with Crippen molar-refractivity contribution in [3.63, 3.8) is 0 Å². The van der Waals surface area contributed by atoms with Crippen LogP contribution in [0, 0.1) is 0 Å². The van der Waals surface area contributed by atoms with Crippen molar-refractivity contribution >= 4 is 17.1 Å². The maximum atomic E-state index is 12.0. The fourth-order valence-corrected chi connectivity index (χ4v) is 7.42. The van der Waals surface area contributed by atoms with Gasteiger partial charge in [-0.1, -0.05) is 0 Å². The van der Waals surface area contributed by atoms with Gasteiger partial charge in [0.25, 0.3) is 0 Å². The van der Waals surface area contributed by atoms with Gasteiger partial charge in [0.2, 0.25) is 0 Å². The lowest BCUT2D eigenvalue weighted by Gasteiger charge is -2.30. The lowest BCUT2D eigenvalue weighted by Crippen LogP contribution is -2.49. The van der Waals surface area contributed by atoms with E-state index in [9.17, 15) is 35.9 Å². The van der Waals surface area contributed by atoms with E-state index in [0.717, 1.165) is 13.1 Å². The molecule has 116 valence electrons. The zero-order valence-corrected chi connectivity index (χ0v) is 12.4. The van der Waals surface area contributed by atoms with Crippen LogP contribution in [0.15, 0.2) is 0 Å². The van der Waals surface area contributed by atoms with Crippen molar-refractivity contribution < 1.29 is 40.0 Å². The first-order valence-corrected chi connectivity index (χ1v) is 10.5. The highest BCUT2D eigenvalue weighted by Gasteiger charge is 2.43. The Labute approximate surface area is 108 Å². The molecule has 0 spiro atoms. The summed E-state index contributed by atoms with van der Waals surface area (Å²) in [5, 5.41) is 0. The molecule has 2 unspecified atom stereocenters. The van der Waals surface area contributed by atoms with Crippen molar-refractivity contribution in [3.8, 4) is 0 Å². The molecule has 19 heavy (non-hydrogen) atoms. The SMILES string of the molecule is C[Si](O)(CCC(F)(F)F)O[Si](C)(O)CCC(F)(F)F. The molecule has 0 radical (unpaired) electrons. The molecule has 0 saturated heterocycles. The third-order valence-corrected chi connectivity index (χ3v) is 8.06. The van der Waals surface area contributed by atoms with Gasteiger partial charge in [0.1, 0.15) is 0 Å². The summed E-state index contributed by atoms with van der Waals surface area (Å²) in [5.41, 5.74) is 0. The molecule has 0 aromatic heterocycles. The minimum Gasteiger partial charge on any atom is -0.415 e. The average molecular weight is 330 g/mol. The second-order valence-corrected chi connectivity index (χ2v) is 11.2. The molecule has 0 bridgehead atoms. The minimum absolute atomic E-state index is 0.717. The second kappa shape index (κ2) is 6.12. The molecule has 0 aliphatic carbocycles. The third-order valence-electron chi connectivity index (χ3n) is 2.18. The van der Waals surface area contributed by atoms with E-state index in [-0.39, 0.29) is 0 Å². The van der Waals surface area contributed by atoms with Crippen molar-refractivity contribution in [2.45, 2.75) is 50.4 Å². The van der Waals surface area contributed by atoms with Crippen LogP contribution in [0.25, 0.3) is 0 Å². The average Bonchev–Trinajstić information content (AvgIpc) is 2.09. The molecule has 0 saturated carbocycles. The molecule has 11 heteroatoms. The van der Waals surface area contributed by atoms with E-state index in [4.69, 9.17) is 4.12 Å². The summed E-state index contributed by atoms with van der Waals surface area (Å²) < 4.78 is 76.7. The number of alkyl halides is 6. The Hall–Kier alpha value is -0.106. The Morgan fingerprint density at radius 2 is 1.05 bits per heavy atom. The lowest BCUT2D eigenvalue weighted by molar-refractivity contribution is -0.131. The number of halogens is 6. The topological polar surface area (TPSA) is 49.7 Å². The monoisotopic (exact) mass is 330 g/mol. The zero-order chi connectivity index (χ0) is 15.5. The maximum Gasteiger partial charge on any atom is 0.389 e. The summed E-state index contributed by atoms with van der Waals surface area (Å²) in [7, 11) is -7.64. The van der Waals surface area contributed by atoms with E-state index in [1.807, 2.05) is 0 Å². The standard InChI is InChI=1S/C8H16F6O3Si2/c1-18(15,5-3-7(9,10)11)17-19(2,16)6-4-8(12,13)14/h15-16H,3-6H2,1-2H3. The molecule has 0 aromatic rings. The van der Waals surface area contributed by atoms with Crippen molar-refractivity contribution in [2.75, 3.05) is 0 Å². The Balaban J connectivity index is 4.37. The van der Waals surface area contributed by atoms with Crippen LogP contribution in [-0.2, 0) is 4.12 Å². The summed E-state index contributed by atoms with van der Waals surface area (Å²) in [6.07, 6.45) is -11.6. The van der Waals surface area contributed by atoms with Crippen molar-refractivity contribution in [1.82, 2.24) is 0 Å². The molecule has 0 fully saturated rings. The van der Waals surface area contributed by atoms with Gasteiger partial charge >= 0.3 is 29.5 Å². The molecule has 2 N–H and O–H groups in total. The fraction of sp³-hybridized carbons (Fsp3) is 1.00. The Bertz CT molecular complexity index is 261. The van der Waals surface area contributed by atoms with Crippen LogP contribution in [0.2, 0.25) is 25.2 Å². The summed E-state index contributed by atoms with van der Waals surface area (Å²) >= 11 is 0. The molecular weight excluding hydrogens is 314 g/mol. The van der Waals surface area contributed by atoms with E-state index in [2.05, 4.69) is 0 Å². The number of rotatable bonds is 6. The van der Waals surface area contributed by atoms with E-state index < -0.39 is 54.4 Å². The number of hydrogen-bond acceptors (Lipinski definition) is 3. The summed E-state index contributed by atoms with van der Waals surface area (Å²) in [4.78, 5) is 19.3. The van der Waals surface area contributed by atoms with Gasteiger partial charge in [0, 0.05) is 12.8 Å². The van der Waals surface area contributed by atoms with Gasteiger partial charge in [-0.3, -0.25) is 0 Å². The zero-order valence-electron chi connectivity index (χ0n) is 10.4. The van der Waals surface area contributed by atoms with E-state index >= 15 is 0 Å². The third kappa shape index (κ3) is 11.4. The van der Waals surface area contributed by atoms with Crippen molar-refractivity contribution in [2.24, 2.45) is 0 Å². The molecule has 0 aliphatic heterocycles.